The van der Waals surface area contributed by atoms with Crippen molar-refractivity contribution < 1.29 is 27.4 Å². The number of aromatic nitrogens is 1. The van der Waals surface area contributed by atoms with Crippen molar-refractivity contribution in [2.45, 2.75) is 26.1 Å². The van der Waals surface area contributed by atoms with E-state index in [0.717, 1.165) is 17.7 Å². The molecule has 7 nitrogen and oxygen atoms in total. The first-order chi connectivity index (χ1) is 14.4. The van der Waals surface area contributed by atoms with Crippen LogP contribution < -0.4 is 24.8 Å². The van der Waals surface area contributed by atoms with E-state index in [1.54, 1.807) is 6.07 Å². The second kappa shape index (κ2) is 10.0. The standard InChI is InChI=1S/C20H23F3N4O3/c1-2-24-19(27-15-5-6-16-17(10-15)29-9-3-8-28-16)26-12-14-4-7-18(25-11-14)30-13-20(21,22)23/h4-7,10-11H,2-3,8-9,12-13H2,1H3,(H2,24,26,27). The Morgan fingerprint density at radius 3 is 2.67 bits per heavy atom. The largest absolute Gasteiger partial charge is 0.490 e. The molecule has 1 aliphatic heterocycles. The molecule has 0 saturated carbocycles. The Labute approximate surface area is 172 Å². The number of guanidine groups is 1. The SMILES string of the molecule is CCNC(=NCc1ccc(OCC(F)(F)F)nc1)Nc1ccc2c(c1)OCCCO2. The molecule has 0 fully saturated rings. The highest BCUT2D eigenvalue weighted by Crippen LogP contribution is 2.32. The van der Waals surface area contributed by atoms with Crippen LogP contribution in [-0.4, -0.2) is 43.5 Å². The van der Waals surface area contributed by atoms with E-state index in [4.69, 9.17) is 9.47 Å². The highest BCUT2D eigenvalue weighted by Gasteiger charge is 2.28. The van der Waals surface area contributed by atoms with E-state index < -0.39 is 12.8 Å². The van der Waals surface area contributed by atoms with E-state index in [9.17, 15) is 13.2 Å². The van der Waals surface area contributed by atoms with Gasteiger partial charge < -0.3 is 24.8 Å². The molecule has 1 aliphatic rings. The first-order valence-electron chi connectivity index (χ1n) is 9.52. The molecule has 0 saturated heterocycles. The molecule has 0 amide bonds. The highest BCUT2D eigenvalue weighted by atomic mass is 19.4. The fraction of sp³-hybridized carbons (Fsp3) is 0.400. The topological polar surface area (TPSA) is 77.0 Å². The minimum atomic E-state index is -4.40. The fourth-order valence-electron chi connectivity index (χ4n) is 2.60. The second-order valence-corrected chi connectivity index (χ2v) is 6.44. The number of alkyl halides is 3. The molecule has 2 heterocycles. The van der Waals surface area contributed by atoms with Gasteiger partial charge in [0, 0.05) is 37.0 Å². The number of nitrogens with one attached hydrogen (secondary N) is 2. The molecular formula is C20H23F3N4O3. The van der Waals surface area contributed by atoms with Crippen LogP contribution in [-0.2, 0) is 6.54 Å². The number of rotatable bonds is 6. The summed E-state index contributed by atoms with van der Waals surface area (Å²) in [7, 11) is 0. The van der Waals surface area contributed by atoms with Gasteiger partial charge in [0.1, 0.15) is 0 Å². The van der Waals surface area contributed by atoms with Crippen LogP contribution in [0.25, 0.3) is 0 Å². The maximum atomic E-state index is 12.2. The maximum Gasteiger partial charge on any atom is 0.422 e. The molecule has 0 bridgehead atoms. The predicted molar refractivity (Wildman–Crippen MR) is 106 cm³/mol. The van der Waals surface area contributed by atoms with Crippen LogP contribution in [0.15, 0.2) is 41.5 Å². The number of anilines is 1. The zero-order chi connectivity index (χ0) is 21.4. The zero-order valence-electron chi connectivity index (χ0n) is 16.5. The summed E-state index contributed by atoms with van der Waals surface area (Å²) >= 11 is 0. The first-order valence-corrected chi connectivity index (χ1v) is 9.52. The summed E-state index contributed by atoms with van der Waals surface area (Å²) in [6, 6.07) is 8.58. The fourth-order valence-corrected chi connectivity index (χ4v) is 2.60. The summed E-state index contributed by atoms with van der Waals surface area (Å²) in [6.07, 6.45) is -2.13. The van der Waals surface area contributed by atoms with E-state index in [2.05, 4.69) is 25.3 Å². The summed E-state index contributed by atoms with van der Waals surface area (Å²) in [6.45, 7) is 2.73. The van der Waals surface area contributed by atoms with Crippen molar-refractivity contribution in [3.8, 4) is 17.4 Å². The maximum absolute atomic E-state index is 12.2. The third kappa shape index (κ3) is 6.71. The van der Waals surface area contributed by atoms with Crippen molar-refractivity contribution in [3.05, 3.63) is 42.1 Å². The van der Waals surface area contributed by atoms with Gasteiger partial charge in [-0.3, -0.25) is 0 Å². The number of hydrogen-bond acceptors (Lipinski definition) is 5. The second-order valence-electron chi connectivity index (χ2n) is 6.44. The molecule has 3 rings (SSSR count). The molecule has 162 valence electrons. The van der Waals surface area contributed by atoms with Crippen molar-refractivity contribution in [3.63, 3.8) is 0 Å². The number of benzene rings is 1. The molecule has 0 radical (unpaired) electrons. The summed E-state index contributed by atoms with van der Waals surface area (Å²) in [5.41, 5.74) is 1.51. The van der Waals surface area contributed by atoms with Gasteiger partial charge in [-0.1, -0.05) is 6.07 Å². The Morgan fingerprint density at radius 2 is 1.97 bits per heavy atom. The average molecular weight is 424 g/mol. The van der Waals surface area contributed by atoms with Crippen molar-refractivity contribution in [2.24, 2.45) is 4.99 Å². The Kier molecular flexibility index (Phi) is 7.21. The van der Waals surface area contributed by atoms with Crippen LogP contribution in [0.1, 0.15) is 18.9 Å². The first kappa shape index (κ1) is 21.5. The van der Waals surface area contributed by atoms with E-state index in [1.807, 2.05) is 25.1 Å². The zero-order valence-corrected chi connectivity index (χ0v) is 16.5. The molecule has 1 aromatic heterocycles. The predicted octanol–water partition coefficient (Wildman–Crippen LogP) is 3.76. The van der Waals surface area contributed by atoms with Gasteiger partial charge in [0.25, 0.3) is 0 Å². The highest BCUT2D eigenvalue weighted by molar-refractivity contribution is 5.93. The number of nitrogens with zero attached hydrogens (tertiary/aromatic N) is 2. The smallest absolute Gasteiger partial charge is 0.422 e. The molecule has 30 heavy (non-hydrogen) atoms. The molecular weight excluding hydrogens is 401 g/mol. The van der Waals surface area contributed by atoms with Crippen LogP contribution in [0.5, 0.6) is 17.4 Å². The summed E-state index contributed by atoms with van der Waals surface area (Å²) in [5.74, 6) is 1.84. The van der Waals surface area contributed by atoms with Gasteiger partial charge in [0.05, 0.1) is 19.8 Å². The van der Waals surface area contributed by atoms with Gasteiger partial charge >= 0.3 is 6.18 Å². The molecule has 0 unspecified atom stereocenters. The van der Waals surface area contributed by atoms with Gasteiger partial charge in [-0.05, 0) is 24.6 Å². The van der Waals surface area contributed by atoms with Gasteiger partial charge in [-0.15, -0.1) is 0 Å². The lowest BCUT2D eigenvalue weighted by atomic mass is 10.2. The lowest BCUT2D eigenvalue weighted by Crippen LogP contribution is -2.30. The van der Waals surface area contributed by atoms with Crippen LogP contribution in [0.3, 0.4) is 0 Å². The van der Waals surface area contributed by atoms with E-state index in [-0.39, 0.29) is 12.4 Å². The quantitative estimate of drug-likeness (QED) is 0.543. The number of halogens is 3. The third-order valence-electron chi connectivity index (χ3n) is 3.96. The molecule has 10 heteroatoms. The molecule has 2 N–H and O–H groups in total. The minimum Gasteiger partial charge on any atom is -0.490 e. The van der Waals surface area contributed by atoms with E-state index in [0.29, 0.717) is 37.2 Å². The lowest BCUT2D eigenvalue weighted by Gasteiger charge is -2.14. The van der Waals surface area contributed by atoms with Crippen molar-refractivity contribution >= 4 is 11.6 Å². The monoisotopic (exact) mass is 424 g/mol. The Hall–Kier alpha value is -3.17. The van der Waals surface area contributed by atoms with Crippen molar-refractivity contribution in [1.82, 2.24) is 10.3 Å². The van der Waals surface area contributed by atoms with E-state index >= 15 is 0 Å². The lowest BCUT2D eigenvalue weighted by molar-refractivity contribution is -0.154. The van der Waals surface area contributed by atoms with Gasteiger partial charge in [-0.25, -0.2) is 9.98 Å². The summed E-state index contributed by atoms with van der Waals surface area (Å²) < 4.78 is 52.5. The Balaban J connectivity index is 1.62. The molecule has 0 spiro atoms. The van der Waals surface area contributed by atoms with Crippen LogP contribution in [0.4, 0.5) is 18.9 Å². The van der Waals surface area contributed by atoms with Crippen LogP contribution >= 0.6 is 0 Å². The van der Waals surface area contributed by atoms with E-state index in [1.165, 1.54) is 12.3 Å². The van der Waals surface area contributed by atoms with Gasteiger partial charge in [0.15, 0.2) is 24.1 Å². The molecule has 2 aromatic rings. The van der Waals surface area contributed by atoms with Gasteiger partial charge in [-0.2, -0.15) is 13.2 Å². The number of ether oxygens (including phenoxy) is 3. The summed E-state index contributed by atoms with van der Waals surface area (Å²) in [4.78, 5) is 8.37. The number of fused-ring (bicyclic) bond motifs is 1. The van der Waals surface area contributed by atoms with Crippen LogP contribution in [0.2, 0.25) is 0 Å². The molecule has 1 aromatic carbocycles. The van der Waals surface area contributed by atoms with Gasteiger partial charge in [0.2, 0.25) is 5.88 Å². The average Bonchev–Trinajstić information content (AvgIpc) is 2.96. The Morgan fingerprint density at radius 1 is 1.17 bits per heavy atom. The van der Waals surface area contributed by atoms with Crippen molar-refractivity contribution in [2.75, 3.05) is 31.7 Å². The number of aliphatic imine (C=N–C) groups is 1. The van der Waals surface area contributed by atoms with Crippen LogP contribution in [0, 0.1) is 0 Å². The Bertz CT molecular complexity index is 857. The molecule has 0 aliphatic carbocycles. The minimum absolute atomic E-state index is 0.0858. The van der Waals surface area contributed by atoms with Crippen molar-refractivity contribution in [1.29, 1.82) is 0 Å². The normalized spacial score (nSPS) is 14.1. The molecule has 0 atom stereocenters. The number of pyridine rings is 1. The summed E-state index contributed by atoms with van der Waals surface area (Å²) in [5, 5.41) is 6.34. The number of hydrogen-bond donors (Lipinski definition) is 2. The third-order valence-corrected chi connectivity index (χ3v) is 3.96.